The fourth-order valence-corrected chi connectivity index (χ4v) is 3.36. The first kappa shape index (κ1) is 21.8. The van der Waals surface area contributed by atoms with E-state index in [1.807, 2.05) is 0 Å². The molecular formula is C21H22FN5O4. The average Bonchev–Trinajstić information content (AvgIpc) is 3.31. The molecule has 31 heavy (non-hydrogen) atoms. The van der Waals surface area contributed by atoms with E-state index in [9.17, 15) is 18.8 Å². The standard InChI is InChI=1S/C20H18FN5O4.CH4/c1-11(27)24-8-14-10-26(20(29)30-14)13-2-3-15(17(21)7-13)12-6-16(18(22)28)19-23-4-5-25(19)9-12;/h2-7,9,14H,8,10H2,1H3,(H2,22,28)(H,24,27);1H4/t14-;/m0./s1. The Hall–Kier alpha value is -3.95. The summed E-state index contributed by atoms with van der Waals surface area (Å²) in [5, 5.41) is 2.59. The number of fused-ring (bicyclic) bond motifs is 1. The first-order valence-electron chi connectivity index (χ1n) is 9.12. The van der Waals surface area contributed by atoms with E-state index in [1.54, 1.807) is 22.9 Å². The van der Waals surface area contributed by atoms with E-state index < -0.39 is 23.9 Å². The Morgan fingerprint density at radius 1 is 1.35 bits per heavy atom. The van der Waals surface area contributed by atoms with Crippen LogP contribution in [0.25, 0.3) is 16.8 Å². The molecule has 1 aliphatic rings. The number of carbonyl (C=O) groups is 3. The number of amides is 3. The molecule has 4 rings (SSSR count). The predicted molar refractivity (Wildman–Crippen MR) is 112 cm³/mol. The zero-order valence-electron chi connectivity index (χ0n) is 16.0. The molecule has 2 aromatic heterocycles. The number of benzene rings is 1. The van der Waals surface area contributed by atoms with Crippen molar-refractivity contribution in [3.8, 4) is 11.1 Å². The summed E-state index contributed by atoms with van der Waals surface area (Å²) < 4.78 is 21.7. The minimum absolute atomic E-state index is 0. The summed E-state index contributed by atoms with van der Waals surface area (Å²) in [6.07, 6.45) is 3.65. The van der Waals surface area contributed by atoms with Gasteiger partial charge in [0.2, 0.25) is 5.91 Å². The van der Waals surface area contributed by atoms with Crippen molar-refractivity contribution in [1.82, 2.24) is 14.7 Å². The van der Waals surface area contributed by atoms with Crippen LogP contribution in [0.1, 0.15) is 24.7 Å². The Labute approximate surface area is 177 Å². The van der Waals surface area contributed by atoms with Gasteiger partial charge in [0.05, 0.1) is 24.3 Å². The molecule has 0 aliphatic carbocycles. The number of rotatable bonds is 5. The lowest BCUT2D eigenvalue weighted by atomic mass is 10.0. The van der Waals surface area contributed by atoms with Gasteiger partial charge in [-0.15, -0.1) is 0 Å². The molecule has 10 heteroatoms. The summed E-state index contributed by atoms with van der Waals surface area (Å²) in [4.78, 5) is 40.3. The third-order valence-corrected chi connectivity index (χ3v) is 4.78. The summed E-state index contributed by atoms with van der Waals surface area (Å²) >= 11 is 0. The molecule has 0 saturated carbocycles. The number of nitrogens with one attached hydrogen (secondary N) is 1. The van der Waals surface area contributed by atoms with Gasteiger partial charge in [-0.3, -0.25) is 14.5 Å². The predicted octanol–water partition coefficient (Wildman–Crippen LogP) is 2.34. The van der Waals surface area contributed by atoms with Crippen LogP contribution in [0.4, 0.5) is 14.9 Å². The van der Waals surface area contributed by atoms with Gasteiger partial charge in [0.25, 0.3) is 5.91 Å². The molecule has 1 fully saturated rings. The van der Waals surface area contributed by atoms with Gasteiger partial charge in [-0.2, -0.15) is 0 Å². The van der Waals surface area contributed by atoms with E-state index in [1.165, 1.54) is 36.2 Å². The van der Waals surface area contributed by atoms with Gasteiger partial charge in [0.1, 0.15) is 17.6 Å². The number of pyridine rings is 1. The number of anilines is 1. The molecule has 0 spiro atoms. The van der Waals surface area contributed by atoms with Crippen molar-refractivity contribution in [3.05, 3.63) is 54.2 Å². The monoisotopic (exact) mass is 427 g/mol. The smallest absolute Gasteiger partial charge is 0.414 e. The zero-order chi connectivity index (χ0) is 21.4. The van der Waals surface area contributed by atoms with Gasteiger partial charge in [-0.1, -0.05) is 7.43 Å². The van der Waals surface area contributed by atoms with Crippen molar-refractivity contribution in [1.29, 1.82) is 0 Å². The van der Waals surface area contributed by atoms with E-state index in [2.05, 4.69) is 10.3 Å². The second kappa shape index (κ2) is 8.42. The minimum atomic E-state index is -0.671. The van der Waals surface area contributed by atoms with E-state index in [0.717, 1.165) is 0 Å². The molecule has 9 nitrogen and oxygen atoms in total. The van der Waals surface area contributed by atoms with Crippen molar-refractivity contribution in [3.63, 3.8) is 0 Å². The molecule has 0 unspecified atom stereocenters. The van der Waals surface area contributed by atoms with E-state index in [-0.39, 0.29) is 37.6 Å². The van der Waals surface area contributed by atoms with E-state index in [4.69, 9.17) is 10.5 Å². The molecular weight excluding hydrogens is 405 g/mol. The van der Waals surface area contributed by atoms with E-state index in [0.29, 0.717) is 16.9 Å². The van der Waals surface area contributed by atoms with Crippen LogP contribution in [0.15, 0.2) is 42.9 Å². The van der Waals surface area contributed by atoms with Gasteiger partial charge >= 0.3 is 6.09 Å². The van der Waals surface area contributed by atoms with Gasteiger partial charge in [-0.25, -0.2) is 14.2 Å². The number of ether oxygens (including phenoxy) is 1. The highest BCUT2D eigenvalue weighted by molar-refractivity contribution is 6.00. The molecule has 1 aromatic carbocycles. The lowest BCUT2D eigenvalue weighted by Gasteiger charge is -2.15. The minimum Gasteiger partial charge on any atom is -0.442 e. The fraction of sp³-hybridized carbons (Fsp3) is 0.238. The van der Waals surface area contributed by atoms with Crippen molar-refractivity contribution in [2.24, 2.45) is 5.73 Å². The molecule has 162 valence electrons. The van der Waals surface area contributed by atoms with Crippen LogP contribution in [-0.4, -0.2) is 46.5 Å². The Morgan fingerprint density at radius 2 is 2.13 bits per heavy atom. The largest absolute Gasteiger partial charge is 0.442 e. The number of hydrogen-bond acceptors (Lipinski definition) is 5. The number of aromatic nitrogens is 2. The van der Waals surface area contributed by atoms with Crippen LogP contribution in [0.2, 0.25) is 0 Å². The van der Waals surface area contributed by atoms with E-state index >= 15 is 0 Å². The Kier molecular flexibility index (Phi) is 5.91. The van der Waals surface area contributed by atoms with Gasteiger partial charge < -0.3 is 20.2 Å². The molecule has 3 heterocycles. The summed E-state index contributed by atoms with van der Waals surface area (Å²) in [6, 6.07) is 5.81. The highest BCUT2D eigenvalue weighted by Gasteiger charge is 2.32. The second-order valence-electron chi connectivity index (χ2n) is 6.88. The summed E-state index contributed by atoms with van der Waals surface area (Å²) in [7, 11) is 0. The second-order valence-corrected chi connectivity index (χ2v) is 6.88. The van der Waals surface area contributed by atoms with Crippen LogP contribution in [0.3, 0.4) is 0 Å². The average molecular weight is 427 g/mol. The number of hydrogen-bond donors (Lipinski definition) is 2. The molecule has 1 saturated heterocycles. The van der Waals surface area contributed by atoms with Crippen LogP contribution in [-0.2, 0) is 9.53 Å². The van der Waals surface area contributed by atoms with Crippen molar-refractivity contribution in [2.75, 3.05) is 18.0 Å². The number of carbonyl (C=O) groups excluding carboxylic acids is 3. The third kappa shape index (κ3) is 4.18. The zero-order valence-corrected chi connectivity index (χ0v) is 16.0. The number of halogens is 1. The summed E-state index contributed by atoms with van der Waals surface area (Å²) in [5.41, 5.74) is 6.98. The SMILES string of the molecule is C.CC(=O)NC[C@H]1CN(c2ccc(-c3cc(C(N)=O)c4nccn4c3)c(F)c2)C(=O)O1. The number of imidazole rings is 1. The first-order chi connectivity index (χ1) is 14.3. The molecule has 1 atom stereocenters. The van der Waals surface area contributed by atoms with Crippen LogP contribution >= 0.6 is 0 Å². The maximum Gasteiger partial charge on any atom is 0.414 e. The Balaban J connectivity index is 0.00000272. The first-order valence-corrected chi connectivity index (χ1v) is 9.12. The molecule has 3 amide bonds. The highest BCUT2D eigenvalue weighted by Crippen LogP contribution is 2.30. The van der Waals surface area contributed by atoms with Gasteiger partial charge in [-0.05, 0) is 24.3 Å². The number of cyclic esters (lactones) is 1. The maximum absolute atomic E-state index is 14.9. The van der Waals surface area contributed by atoms with Crippen LogP contribution in [0.5, 0.6) is 0 Å². The van der Waals surface area contributed by atoms with Crippen molar-refractivity contribution >= 4 is 29.2 Å². The lowest BCUT2D eigenvalue weighted by Crippen LogP contribution is -2.33. The number of nitrogens with zero attached hydrogens (tertiary/aromatic N) is 3. The van der Waals surface area contributed by atoms with Crippen molar-refractivity contribution in [2.45, 2.75) is 20.5 Å². The Bertz CT molecular complexity index is 1180. The Morgan fingerprint density at radius 3 is 2.81 bits per heavy atom. The molecule has 0 bridgehead atoms. The topological polar surface area (TPSA) is 119 Å². The number of primary amides is 1. The molecule has 3 aromatic rings. The highest BCUT2D eigenvalue weighted by atomic mass is 19.1. The summed E-state index contributed by atoms with van der Waals surface area (Å²) in [6.45, 7) is 1.73. The molecule has 1 aliphatic heterocycles. The summed E-state index contributed by atoms with van der Waals surface area (Å²) in [5.74, 6) is -1.49. The lowest BCUT2D eigenvalue weighted by molar-refractivity contribution is -0.119. The normalized spacial score (nSPS) is 15.5. The van der Waals surface area contributed by atoms with Gasteiger partial charge in [0, 0.05) is 36.6 Å². The maximum atomic E-state index is 14.9. The number of nitrogens with two attached hydrogens (primary N) is 1. The van der Waals surface area contributed by atoms with Gasteiger partial charge in [0.15, 0.2) is 0 Å². The quantitative estimate of drug-likeness (QED) is 0.648. The molecule has 3 N–H and O–H groups in total. The van der Waals surface area contributed by atoms with Crippen LogP contribution in [0, 0.1) is 5.82 Å². The third-order valence-electron chi connectivity index (χ3n) is 4.78. The fourth-order valence-electron chi connectivity index (χ4n) is 3.36. The molecule has 0 radical (unpaired) electrons. The van der Waals surface area contributed by atoms with Crippen molar-refractivity contribution < 1.29 is 23.5 Å². The van der Waals surface area contributed by atoms with Crippen LogP contribution < -0.4 is 16.0 Å².